The molecule has 0 unspecified atom stereocenters. The summed E-state index contributed by atoms with van der Waals surface area (Å²) in [5, 5.41) is 2.13. The zero-order valence-electron chi connectivity index (χ0n) is 14.2. The van der Waals surface area contributed by atoms with Gasteiger partial charge in [0, 0.05) is 42.1 Å². The minimum Gasteiger partial charge on any atom is -0.493 e. The summed E-state index contributed by atoms with van der Waals surface area (Å²) >= 11 is 5.23. The van der Waals surface area contributed by atoms with Crippen molar-refractivity contribution in [1.82, 2.24) is 9.80 Å². The van der Waals surface area contributed by atoms with Crippen molar-refractivity contribution in [2.24, 2.45) is 0 Å². The van der Waals surface area contributed by atoms with Crippen LogP contribution in [0.4, 0.5) is 0 Å². The SMILES string of the molecule is O=C(CCOc1cccc(Br)c1)N1CCN(CCc2cccs2)CC1. The first kappa shape index (κ1) is 18.4. The summed E-state index contributed by atoms with van der Waals surface area (Å²) < 4.78 is 6.64. The molecule has 1 aromatic heterocycles. The van der Waals surface area contributed by atoms with Crippen LogP contribution >= 0.6 is 27.3 Å². The van der Waals surface area contributed by atoms with Gasteiger partial charge in [0.25, 0.3) is 0 Å². The van der Waals surface area contributed by atoms with E-state index >= 15 is 0 Å². The highest BCUT2D eigenvalue weighted by atomic mass is 79.9. The highest BCUT2D eigenvalue weighted by Gasteiger charge is 2.20. The van der Waals surface area contributed by atoms with Crippen molar-refractivity contribution < 1.29 is 9.53 Å². The lowest BCUT2D eigenvalue weighted by Crippen LogP contribution is -2.49. The number of halogens is 1. The van der Waals surface area contributed by atoms with E-state index in [1.807, 2.05) is 40.5 Å². The third-order valence-corrected chi connectivity index (χ3v) is 5.79. The Morgan fingerprint density at radius 3 is 2.72 bits per heavy atom. The van der Waals surface area contributed by atoms with Gasteiger partial charge in [-0.2, -0.15) is 0 Å². The molecule has 0 atom stereocenters. The Kier molecular flexibility index (Phi) is 6.90. The second-order valence-corrected chi connectivity index (χ2v) is 8.06. The van der Waals surface area contributed by atoms with Crippen LogP contribution in [-0.2, 0) is 11.2 Å². The molecule has 134 valence electrons. The molecule has 1 aliphatic heterocycles. The molecular formula is C19H23BrN2O2S. The Morgan fingerprint density at radius 1 is 1.16 bits per heavy atom. The Bertz CT molecular complexity index is 670. The fourth-order valence-corrected chi connectivity index (χ4v) is 3.99. The Balaban J connectivity index is 1.34. The molecule has 1 aliphatic rings. The first-order chi connectivity index (χ1) is 12.2. The van der Waals surface area contributed by atoms with Crippen molar-refractivity contribution in [3.63, 3.8) is 0 Å². The predicted molar refractivity (Wildman–Crippen MR) is 105 cm³/mol. The van der Waals surface area contributed by atoms with Gasteiger partial charge in [-0.1, -0.05) is 28.1 Å². The number of nitrogens with zero attached hydrogens (tertiary/aromatic N) is 2. The Hall–Kier alpha value is -1.37. The number of hydrogen-bond acceptors (Lipinski definition) is 4. The van der Waals surface area contributed by atoms with E-state index in [1.165, 1.54) is 4.88 Å². The molecule has 1 amide bonds. The summed E-state index contributed by atoms with van der Waals surface area (Å²) in [6.07, 6.45) is 1.54. The Labute approximate surface area is 161 Å². The Morgan fingerprint density at radius 2 is 2.00 bits per heavy atom. The monoisotopic (exact) mass is 422 g/mol. The summed E-state index contributed by atoms with van der Waals surface area (Å²) in [6.45, 7) is 5.07. The standard InChI is InChI=1S/C19H23BrN2O2S/c20-16-3-1-4-17(15-16)24-13-7-19(23)22-11-9-21(10-12-22)8-6-18-5-2-14-25-18/h1-5,14-15H,6-13H2. The zero-order chi connectivity index (χ0) is 17.5. The van der Waals surface area contributed by atoms with E-state index in [0.717, 1.165) is 49.4 Å². The maximum absolute atomic E-state index is 12.3. The van der Waals surface area contributed by atoms with Crippen LogP contribution in [0.25, 0.3) is 0 Å². The van der Waals surface area contributed by atoms with Gasteiger partial charge in [-0.25, -0.2) is 0 Å². The number of amides is 1. The molecule has 4 nitrogen and oxygen atoms in total. The molecule has 1 saturated heterocycles. The van der Waals surface area contributed by atoms with Crippen molar-refractivity contribution >= 4 is 33.2 Å². The average Bonchev–Trinajstić information content (AvgIpc) is 3.14. The zero-order valence-corrected chi connectivity index (χ0v) is 16.6. The van der Waals surface area contributed by atoms with Gasteiger partial charge >= 0.3 is 0 Å². The molecule has 0 N–H and O–H groups in total. The number of hydrogen-bond donors (Lipinski definition) is 0. The van der Waals surface area contributed by atoms with E-state index in [1.54, 1.807) is 0 Å². The van der Waals surface area contributed by atoms with E-state index in [2.05, 4.69) is 38.3 Å². The summed E-state index contributed by atoms with van der Waals surface area (Å²) in [7, 11) is 0. The summed E-state index contributed by atoms with van der Waals surface area (Å²) in [6, 6.07) is 12.0. The summed E-state index contributed by atoms with van der Waals surface area (Å²) in [4.78, 5) is 18.2. The van der Waals surface area contributed by atoms with Crippen LogP contribution in [0.5, 0.6) is 5.75 Å². The molecule has 6 heteroatoms. The van der Waals surface area contributed by atoms with Crippen molar-refractivity contribution in [2.75, 3.05) is 39.3 Å². The fraction of sp³-hybridized carbons (Fsp3) is 0.421. The summed E-state index contributed by atoms with van der Waals surface area (Å²) in [5.74, 6) is 0.980. The van der Waals surface area contributed by atoms with Gasteiger partial charge in [0.05, 0.1) is 13.0 Å². The van der Waals surface area contributed by atoms with E-state index in [4.69, 9.17) is 4.74 Å². The lowest BCUT2D eigenvalue weighted by Gasteiger charge is -2.34. The number of rotatable bonds is 7. The normalized spacial score (nSPS) is 15.3. The molecule has 0 aliphatic carbocycles. The van der Waals surface area contributed by atoms with E-state index in [0.29, 0.717) is 13.0 Å². The predicted octanol–water partition coefficient (Wildman–Crippen LogP) is 3.67. The van der Waals surface area contributed by atoms with Gasteiger partial charge in [-0.15, -0.1) is 11.3 Å². The van der Waals surface area contributed by atoms with Crippen LogP contribution in [0.15, 0.2) is 46.3 Å². The average molecular weight is 423 g/mol. The highest BCUT2D eigenvalue weighted by Crippen LogP contribution is 2.18. The highest BCUT2D eigenvalue weighted by molar-refractivity contribution is 9.10. The first-order valence-electron chi connectivity index (χ1n) is 8.61. The first-order valence-corrected chi connectivity index (χ1v) is 10.3. The minimum atomic E-state index is 0.188. The molecule has 1 fully saturated rings. The maximum Gasteiger partial charge on any atom is 0.226 e. The second kappa shape index (κ2) is 9.36. The van der Waals surface area contributed by atoms with E-state index in [9.17, 15) is 4.79 Å². The topological polar surface area (TPSA) is 32.8 Å². The largest absolute Gasteiger partial charge is 0.493 e. The molecule has 25 heavy (non-hydrogen) atoms. The molecular weight excluding hydrogens is 400 g/mol. The van der Waals surface area contributed by atoms with Crippen LogP contribution in [-0.4, -0.2) is 55.0 Å². The van der Waals surface area contributed by atoms with Gasteiger partial charge in [-0.05, 0) is 36.1 Å². The number of benzene rings is 1. The molecule has 3 rings (SSSR count). The van der Waals surface area contributed by atoms with Crippen molar-refractivity contribution in [1.29, 1.82) is 0 Å². The van der Waals surface area contributed by atoms with Gasteiger partial charge < -0.3 is 9.64 Å². The molecule has 2 aromatic rings. The number of carbonyl (C=O) groups excluding carboxylic acids is 1. The van der Waals surface area contributed by atoms with Crippen LogP contribution in [0.2, 0.25) is 0 Å². The van der Waals surface area contributed by atoms with Crippen LogP contribution < -0.4 is 4.74 Å². The lowest BCUT2D eigenvalue weighted by atomic mass is 10.2. The summed E-state index contributed by atoms with van der Waals surface area (Å²) in [5.41, 5.74) is 0. The third-order valence-electron chi connectivity index (χ3n) is 4.36. The second-order valence-electron chi connectivity index (χ2n) is 6.11. The molecule has 0 spiro atoms. The van der Waals surface area contributed by atoms with Crippen molar-refractivity contribution in [3.8, 4) is 5.75 Å². The van der Waals surface area contributed by atoms with Crippen LogP contribution in [0.3, 0.4) is 0 Å². The number of piperazine rings is 1. The number of thiophene rings is 1. The minimum absolute atomic E-state index is 0.188. The van der Waals surface area contributed by atoms with E-state index < -0.39 is 0 Å². The molecule has 0 bridgehead atoms. The quantitative estimate of drug-likeness (QED) is 0.682. The van der Waals surface area contributed by atoms with Gasteiger partial charge in [0.15, 0.2) is 0 Å². The van der Waals surface area contributed by atoms with Gasteiger partial charge in [0.1, 0.15) is 5.75 Å². The third kappa shape index (κ3) is 5.83. The molecule has 2 heterocycles. The van der Waals surface area contributed by atoms with Crippen molar-refractivity contribution in [2.45, 2.75) is 12.8 Å². The molecule has 0 saturated carbocycles. The maximum atomic E-state index is 12.3. The van der Waals surface area contributed by atoms with Crippen LogP contribution in [0.1, 0.15) is 11.3 Å². The van der Waals surface area contributed by atoms with Gasteiger partial charge in [-0.3, -0.25) is 9.69 Å². The number of carbonyl (C=O) groups is 1. The van der Waals surface area contributed by atoms with E-state index in [-0.39, 0.29) is 5.91 Å². The number of ether oxygens (including phenoxy) is 1. The fourth-order valence-electron chi connectivity index (χ4n) is 2.92. The lowest BCUT2D eigenvalue weighted by molar-refractivity contribution is -0.133. The molecule has 1 aromatic carbocycles. The molecule has 0 radical (unpaired) electrons. The van der Waals surface area contributed by atoms with Crippen molar-refractivity contribution in [3.05, 3.63) is 51.1 Å². The van der Waals surface area contributed by atoms with Crippen LogP contribution in [0, 0.1) is 0 Å². The smallest absolute Gasteiger partial charge is 0.226 e. The van der Waals surface area contributed by atoms with Gasteiger partial charge in [0.2, 0.25) is 5.91 Å².